The van der Waals surface area contributed by atoms with E-state index in [1.165, 1.54) is 5.82 Å². The molecular formula is C20H32N6. The van der Waals surface area contributed by atoms with Gasteiger partial charge in [0.15, 0.2) is 0 Å². The second-order valence-corrected chi connectivity index (χ2v) is 9.67. The highest BCUT2D eigenvalue weighted by molar-refractivity contribution is 5.09. The number of rotatable bonds is 3. The van der Waals surface area contributed by atoms with E-state index < -0.39 is 0 Å². The van der Waals surface area contributed by atoms with E-state index in [9.17, 15) is 0 Å². The van der Waals surface area contributed by atoms with Gasteiger partial charge >= 0.3 is 0 Å². The lowest BCUT2D eigenvalue weighted by Gasteiger charge is -2.44. The summed E-state index contributed by atoms with van der Waals surface area (Å²) in [5.74, 6) is 2.31. The number of fused-ring (bicyclic) bond motifs is 2. The Balaban J connectivity index is 1.60. The van der Waals surface area contributed by atoms with Crippen LogP contribution in [0.5, 0.6) is 0 Å². The van der Waals surface area contributed by atoms with Gasteiger partial charge in [-0.05, 0) is 17.3 Å². The lowest BCUT2D eigenvalue weighted by atomic mass is 9.76. The summed E-state index contributed by atoms with van der Waals surface area (Å²) in [4.78, 5) is 9.19. The lowest BCUT2D eigenvalue weighted by molar-refractivity contribution is 0.120. The fourth-order valence-corrected chi connectivity index (χ4v) is 4.52. The average molecular weight is 357 g/mol. The Morgan fingerprint density at radius 3 is 2.65 bits per heavy atom. The van der Waals surface area contributed by atoms with Crippen molar-refractivity contribution in [3.63, 3.8) is 0 Å². The van der Waals surface area contributed by atoms with Crippen molar-refractivity contribution in [3.8, 4) is 0 Å². The predicted molar refractivity (Wildman–Crippen MR) is 103 cm³/mol. The molecule has 4 rings (SSSR count). The van der Waals surface area contributed by atoms with Crippen LogP contribution < -0.4 is 10.6 Å². The minimum absolute atomic E-state index is 0.108. The second-order valence-electron chi connectivity index (χ2n) is 9.67. The molecule has 0 radical (unpaired) electrons. The van der Waals surface area contributed by atoms with Gasteiger partial charge in [-0.2, -0.15) is 0 Å². The molecule has 0 fully saturated rings. The minimum atomic E-state index is 0.108. The first kappa shape index (κ1) is 17.7. The molecule has 4 heterocycles. The maximum atomic E-state index is 4.68. The molecule has 0 saturated heterocycles. The van der Waals surface area contributed by atoms with Crippen molar-refractivity contribution in [1.82, 2.24) is 29.7 Å². The van der Waals surface area contributed by atoms with Crippen molar-refractivity contribution < 1.29 is 0 Å². The quantitative estimate of drug-likeness (QED) is 0.888. The molecule has 0 spiro atoms. The van der Waals surface area contributed by atoms with Crippen LogP contribution in [0.3, 0.4) is 0 Å². The highest BCUT2D eigenvalue weighted by atomic mass is 15.2. The third-order valence-electron chi connectivity index (χ3n) is 6.22. The average Bonchev–Trinajstić information content (AvgIpc) is 3.21. The topological polar surface area (TPSA) is 59.7 Å². The minimum Gasteiger partial charge on any atom is -0.332 e. The van der Waals surface area contributed by atoms with Crippen LogP contribution >= 0.6 is 0 Å². The molecule has 0 bridgehead atoms. The molecule has 0 saturated carbocycles. The molecule has 2 aliphatic rings. The second kappa shape index (κ2) is 6.20. The molecule has 3 unspecified atom stereocenters. The Hall–Kier alpha value is -1.66. The number of hydrogen-bond acceptors (Lipinski definition) is 4. The molecule has 3 atom stereocenters. The first-order chi connectivity index (χ1) is 12.3. The lowest BCUT2D eigenvalue weighted by Crippen LogP contribution is -2.51. The van der Waals surface area contributed by atoms with Gasteiger partial charge < -0.3 is 19.8 Å². The molecule has 0 aliphatic carbocycles. The fourth-order valence-electron chi connectivity index (χ4n) is 4.52. The number of nitrogens with one attached hydrogen (secondary N) is 2. The first-order valence-corrected chi connectivity index (χ1v) is 9.75. The van der Waals surface area contributed by atoms with Gasteiger partial charge in [0, 0.05) is 43.9 Å². The molecule has 2 aliphatic heterocycles. The molecular weight excluding hydrogens is 324 g/mol. The Labute approximate surface area is 156 Å². The largest absolute Gasteiger partial charge is 0.332 e. The van der Waals surface area contributed by atoms with Crippen molar-refractivity contribution in [2.45, 2.75) is 72.3 Å². The van der Waals surface area contributed by atoms with Crippen molar-refractivity contribution in [2.24, 2.45) is 10.8 Å². The molecule has 26 heavy (non-hydrogen) atoms. The number of nitrogens with zero attached hydrogens (tertiary/aromatic N) is 4. The van der Waals surface area contributed by atoms with Gasteiger partial charge in [-0.1, -0.05) is 34.6 Å². The summed E-state index contributed by atoms with van der Waals surface area (Å²) in [5.41, 5.74) is 0.325. The Bertz CT molecular complexity index is 765. The standard InChI is InChI=1S/C20H32N6/c1-19(2,3)15-13-25-8-6-23-18(25)14(24-15)10-20(4,5)16-11-21-12-17-22-7-9-26(16)17/h6-9,14-16,21,24H,10-13H2,1-5H3. The van der Waals surface area contributed by atoms with Crippen LogP contribution in [0.2, 0.25) is 0 Å². The summed E-state index contributed by atoms with van der Waals surface area (Å²) in [6, 6.07) is 1.11. The normalized spacial score (nSPS) is 26.4. The van der Waals surface area contributed by atoms with Crippen LogP contribution in [-0.2, 0) is 13.1 Å². The maximum Gasteiger partial charge on any atom is 0.125 e. The van der Waals surface area contributed by atoms with E-state index in [2.05, 4.69) is 76.7 Å². The smallest absolute Gasteiger partial charge is 0.125 e. The van der Waals surface area contributed by atoms with Crippen LogP contribution in [0.15, 0.2) is 24.8 Å². The van der Waals surface area contributed by atoms with Gasteiger partial charge in [-0.15, -0.1) is 0 Å². The van der Waals surface area contributed by atoms with Gasteiger partial charge in [-0.25, -0.2) is 9.97 Å². The fraction of sp³-hybridized carbons (Fsp3) is 0.700. The van der Waals surface area contributed by atoms with E-state index in [0.717, 1.165) is 31.9 Å². The van der Waals surface area contributed by atoms with Gasteiger partial charge in [-0.3, -0.25) is 0 Å². The third kappa shape index (κ3) is 3.09. The zero-order chi connectivity index (χ0) is 18.5. The van der Waals surface area contributed by atoms with Crippen molar-refractivity contribution in [2.75, 3.05) is 6.54 Å². The van der Waals surface area contributed by atoms with E-state index in [1.807, 2.05) is 12.4 Å². The van der Waals surface area contributed by atoms with Crippen molar-refractivity contribution in [3.05, 3.63) is 36.4 Å². The highest BCUT2D eigenvalue weighted by Crippen LogP contribution is 2.42. The molecule has 142 valence electrons. The maximum absolute atomic E-state index is 4.68. The van der Waals surface area contributed by atoms with Crippen molar-refractivity contribution in [1.29, 1.82) is 0 Å². The Kier molecular flexibility index (Phi) is 4.23. The van der Waals surface area contributed by atoms with E-state index in [4.69, 9.17) is 0 Å². The van der Waals surface area contributed by atoms with E-state index in [1.54, 1.807) is 0 Å². The molecule has 6 nitrogen and oxygen atoms in total. The summed E-state index contributed by atoms with van der Waals surface area (Å²) in [6.45, 7) is 14.5. The van der Waals surface area contributed by atoms with Crippen LogP contribution in [0, 0.1) is 10.8 Å². The van der Waals surface area contributed by atoms with E-state index in [0.29, 0.717) is 12.1 Å². The molecule has 6 heteroatoms. The van der Waals surface area contributed by atoms with Crippen LogP contribution in [0.4, 0.5) is 0 Å². The third-order valence-corrected chi connectivity index (χ3v) is 6.22. The van der Waals surface area contributed by atoms with E-state index in [-0.39, 0.29) is 16.9 Å². The predicted octanol–water partition coefficient (Wildman–Crippen LogP) is 2.90. The number of aromatic nitrogens is 4. The summed E-state index contributed by atoms with van der Waals surface area (Å²) in [5, 5.41) is 7.46. The van der Waals surface area contributed by atoms with E-state index >= 15 is 0 Å². The molecule has 0 aromatic carbocycles. The molecule has 2 aromatic rings. The van der Waals surface area contributed by atoms with Gasteiger partial charge in [0.2, 0.25) is 0 Å². The molecule has 0 amide bonds. The Morgan fingerprint density at radius 2 is 1.88 bits per heavy atom. The zero-order valence-corrected chi connectivity index (χ0v) is 16.7. The van der Waals surface area contributed by atoms with Gasteiger partial charge in [0.1, 0.15) is 11.6 Å². The molecule has 2 N–H and O–H groups in total. The SMILES string of the molecule is CC(C)(C)C1Cn2ccnc2C(CC(C)(C)C2CNCc3nccn32)N1. The highest BCUT2D eigenvalue weighted by Gasteiger charge is 2.40. The summed E-state index contributed by atoms with van der Waals surface area (Å²) in [7, 11) is 0. The monoisotopic (exact) mass is 356 g/mol. The summed E-state index contributed by atoms with van der Waals surface area (Å²) in [6.07, 6.45) is 9.17. The van der Waals surface area contributed by atoms with Crippen LogP contribution in [0.1, 0.15) is 64.8 Å². The Morgan fingerprint density at radius 1 is 1.12 bits per heavy atom. The van der Waals surface area contributed by atoms with Crippen LogP contribution in [0.25, 0.3) is 0 Å². The van der Waals surface area contributed by atoms with Gasteiger partial charge in [0.05, 0.1) is 18.6 Å². The number of imidazole rings is 2. The first-order valence-electron chi connectivity index (χ1n) is 9.75. The summed E-state index contributed by atoms with van der Waals surface area (Å²) < 4.78 is 4.71. The number of hydrogen-bond donors (Lipinski definition) is 2. The van der Waals surface area contributed by atoms with Gasteiger partial charge in [0.25, 0.3) is 0 Å². The zero-order valence-electron chi connectivity index (χ0n) is 16.7. The summed E-state index contributed by atoms with van der Waals surface area (Å²) >= 11 is 0. The van der Waals surface area contributed by atoms with Crippen LogP contribution in [-0.4, -0.2) is 31.7 Å². The molecule has 2 aromatic heterocycles. The van der Waals surface area contributed by atoms with Crippen molar-refractivity contribution >= 4 is 0 Å².